The Bertz CT molecular complexity index is 1800. The van der Waals surface area contributed by atoms with E-state index in [0.717, 1.165) is 39.0 Å². The highest BCUT2D eigenvalue weighted by Crippen LogP contribution is 2.44. The van der Waals surface area contributed by atoms with Gasteiger partial charge >= 0.3 is 0 Å². The number of nitrogens with zero attached hydrogens (tertiary/aromatic N) is 5. The molecule has 9 heteroatoms. The molecular weight excluding hydrogens is 544 g/mol. The summed E-state index contributed by atoms with van der Waals surface area (Å²) in [6.45, 7) is 3.98. The van der Waals surface area contributed by atoms with Crippen molar-refractivity contribution in [1.82, 2.24) is 4.57 Å². The average Bonchev–Trinajstić information content (AvgIpc) is 3.28. The summed E-state index contributed by atoms with van der Waals surface area (Å²) in [6, 6.07) is 32.1. The van der Waals surface area contributed by atoms with Gasteiger partial charge in [0, 0.05) is 20.5 Å². The highest BCUT2D eigenvalue weighted by Gasteiger charge is 2.16. The number of aromatic nitrogens is 1. The molecule has 6 rings (SSSR count). The van der Waals surface area contributed by atoms with Crippen LogP contribution in [-0.4, -0.2) is 10.3 Å². The second-order valence-corrected chi connectivity index (χ2v) is 11.3. The molecule has 0 unspecified atom stereocenters. The van der Waals surface area contributed by atoms with E-state index in [4.69, 9.17) is 11.6 Å². The first-order valence-corrected chi connectivity index (χ1v) is 14.3. The zero-order chi connectivity index (χ0) is 26.8. The minimum absolute atomic E-state index is 0.620. The minimum atomic E-state index is 0.620. The van der Waals surface area contributed by atoms with E-state index in [-0.39, 0.29) is 0 Å². The Labute approximate surface area is 239 Å². The number of halogens is 1. The molecule has 0 radical (unpaired) electrons. The Hall–Kier alpha value is -3.98. The molecule has 0 saturated heterocycles. The van der Waals surface area contributed by atoms with Crippen LogP contribution >= 0.6 is 34.7 Å². The number of rotatable bonds is 5. The molecule has 1 N–H and O–H groups in total. The van der Waals surface area contributed by atoms with E-state index >= 15 is 0 Å². The van der Waals surface area contributed by atoms with Crippen LogP contribution in [0.4, 0.5) is 22.1 Å². The maximum absolute atomic E-state index is 6.11. The first kappa shape index (κ1) is 25.3. The van der Waals surface area contributed by atoms with Crippen molar-refractivity contribution < 1.29 is 0 Å². The Morgan fingerprint density at radius 1 is 0.821 bits per heavy atom. The lowest BCUT2D eigenvalue weighted by Gasteiger charge is -2.21. The largest absolute Gasteiger partial charge is 0.354 e. The Balaban J connectivity index is 1.36. The van der Waals surface area contributed by atoms with Gasteiger partial charge in [0.1, 0.15) is 0 Å². The van der Waals surface area contributed by atoms with Crippen molar-refractivity contribution in [3.8, 4) is 5.69 Å². The van der Waals surface area contributed by atoms with Crippen molar-refractivity contribution in [1.29, 1.82) is 0 Å². The predicted molar refractivity (Wildman–Crippen MR) is 162 cm³/mol. The summed E-state index contributed by atoms with van der Waals surface area (Å²) in [6.07, 6.45) is 0. The maximum atomic E-state index is 6.11. The number of nitrogens with one attached hydrogen (secondary N) is 1. The Morgan fingerprint density at radius 2 is 1.62 bits per heavy atom. The second-order valence-electron chi connectivity index (χ2n) is 8.85. The molecular formula is C30H23ClN6S2. The minimum Gasteiger partial charge on any atom is -0.354 e. The van der Waals surface area contributed by atoms with Crippen LogP contribution in [0.1, 0.15) is 18.2 Å². The monoisotopic (exact) mass is 566 g/mol. The fraction of sp³-hybridized carbons (Fsp3) is 0.0667. The van der Waals surface area contributed by atoms with Gasteiger partial charge in [-0.05, 0) is 74.0 Å². The predicted octanol–water partition coefficient (Wildman–Crippen LogP) is 9.45. The van der Waals surface area contributed by atoms with Crippen LogP contribution in [-0.2, 0) is 0 Å². The van der Waals surface area contributed by atoms with Crippen molar-refractivity contribution in [3.63, 3.8) is 0 Å². The number of thiazole rings is 1. The molecule has 0 bridgehead atoms. The Kier molecular flexibility index (Phi) is 7.15. The van der Waals surface area contributed by atoms with Crippen molar-refractivity contribution in [2.75, 3.05) is 5.32 Å². The highest BCUT2D eigenvalue weighted by molar-refractivity contribution is 7.99. The third-order valence-corrected chi connectivity index (χ3v) is 8.57. The van der Waals surface area contributed by atoms with Gasteiger partial charge in [0.05, 0.1) is 28.5 Å². The number of benzene rings is 4. The number of hydrogen-bond acceptors (Lipinski definition) is 7. The number of azo groups is 1. The summed E-state index contributed by atoms with van der Waals surface area (Å²) in [4.78, 5) is 3.12. The lowest BCUT2D eigenvalue weighted by atomic mass is 10.1. The number of anilines is 2. The third kappa shape index (κ3) is 5.45. The zero-order valence-corrected chi connectivity index (χ0v) is 23.6. The van der Waals surface area contributed by atoms with Crippen LogP contribution in [0.15, 0.2) is 127 Å². The topological polar surface area (TPSA) is 66.4 Å². The number of fused-ring (bicyclic) bond motifs is 2. The van der Waals surface area contributed by atoms with Crippen LogP contribution < -0.4 is 10.1 Å². The molecule has 0 saturated carbocycles. The molecule has 1 aromatic heterocycles. The maximum Gasteiger partial charge on any atom is 0.217 e. The van der Waals surface area contributed by atoms with Crippen LogP contribution in [0.5, 0.6) is 0 Å². The van der Waals surface area contributed by atoms with Crippen molar-refractivity contribution in [2.45, 2.75) is 23.6 Å². The fourth-order valence-corrected chi connectivity index (χ4v) is 6.23. The summed E-state index contributed by atoms with van der Waals surface area (Å²) in [5.74, 6) is 0. The van der Waals surface area contributed by atoms with Gasteiger partial charge in [-0.15, -0.1) is 15.3 Å². The van der Waals surface area contributed by atoms with Gasteiger partial charge in [0.25, 0.3) is 0 Å². The van der Waals surface area contributed by atoms with Gasteiger partial charge in [-0.2, -0.15) is 5.10 Å². The molecule has 6 nitrogen and oxygen atoms in total. The van der Waals surface area contributed by atoms with Crippen molar-refractivity contribution in [3.05, 3.63) is 118 Å². The van der Waals surface area contributed by atoms with Gasteiger partial charge in [-0.3, -0.25) is 4.57 Å². The van der Waals surface area contributed by atoms with E-state index < -0.39 is 0 Å². The lowest BCUT2D eigenvalue weighted by Crippen LogP contribution is -2.13. The zero-order valence-electron chi connectivity index (χ0n) is 21.2. The molecule has 1 aliphatic rings. The van der Waals surface area contributed by atoms with E-state index in [1.54, 1.807) is 17.8 Å². The van der Waals surface area contributed by atoms with E-state index in [1.165, 1.54) is 21.1 Å². The molecule has 0 amide bonds. The molecule has 0 fully saturated rings. The molecule has 4 aromatic carbocycles. The average molecular weight is 567 g/mol. The van der Waals surface area contributed by atoms with Crippen LogP contribution in [0.25, 0.3) is 5.69 Å². The summed E-state index contributed by atoms with van der Waals surface area (Å²) in [7, 11) is 0. The smallest absolute Gasteiger partial charge is 0.217 e. The summed E-state index contributed by atoms with van der Waals surface area (Å²) in [5, 5.41) is 23.1. The van der Waals surface area contributed by atoms with Crippen LogP contribution in [0.2, 0.25) is 5.02 Å². The highest BCUT2D eigenvalue weighted by atomic mass is 35.5. The number of para-hydroxylation sites is 2. The van der Waals surface area contributed by atoms with Gasteiger partial charge < -0.3 is 5.32 Å². The van der Waals surface area contributed by atoms with E-state index in [2.05, 4.69) is 66.7 Å². The summed E-state index contributed by atoms with van der Waals surface area (Å²) >= 11 is 9.32. The van der Waals surface area contributed by atoms with Crippen molar-refractivity contribution in [2.24, 2.45) is 20.4 Å². The van der Waals surface area contributed by atoms with Crippen molar-refractivity contribution >= 4 is 62.5 Å². The lowest BCUT2D eigenvalue weighted by molar-refractivity contribution is 0.923. The Morgan fingerprint density at radius 3 is 2.46 bits per heavy atom. The molecule has 39 heavy (non-hydrogen) atoms. The van der Waals surface area contributed by atoms with Crippen LogP contribution in [0, 0.1) is 6.92 Å². The molecule has 0 aliphatic carbocycles. The SMILES string of the molecule is CC(=NN=c1sc(N=Nc2cccc(Cl)c2)c(C)n1-c1ccccc1)c1ccc2c(c1)Nc1ccccc1S2. The van der Waals surface area contributed by atoms with Gasteiger partial charge in [-0.1, -0.05) is 77.2 Å². The molecule has 2 heterocycles. The molecule has 0 spiro atoms. The normalized spacial score (nSPS) is 13.3. The third-order valence-electron chi connectivity index (χ3n) is 6.16. The van der Waals surface area contributed by atoms with Gasteiger partial charge in [0.2, 0.25) is 4.80 Å². The second kappa shape index (κ2) is 11.0. The van der Waals surface area contributed by atoms with E-state index in [9.17, 15) is 0 Å². The molecule has 5 aromatic rings. The molecule has 1 aliphatic heterocycles. The van der Waals surface area contributed by atoms with E-state index in [1.807, 2.05) is 68.4 Å². The van der Waals surface area contributed by atoms with E-state index in [0.29, 0.717) is 15.5 Å². The first-order chi connectivity index (χ1) is 19.0. The van der Waals surface area contributed by atoms with Crippen LogP contribution in [0.3, 0.4) is 0 Å². The van der Waals surface area contributed by atoms with Gasteiger partial charge in [0.15, 0.2) is 5.00 Å². The first-order valence-electron chi connectivity index (χ1n) is 12.3. The fourth-order valence-electron chi connectivity index (χ4n) is 4.17. The summed E-state index contributed by atoms with van der Waals surface area (Å²) in [5.41, 5.74) is 6.61. The number of hydrogen-bond donors (Lipinski definition) is 1. The standard InChI is InChI=1S/C30H23ClN6S2/c1-19(21-15-16-28-26(17-21)32-25-13-6-7-14-27(25)38-28)33-36-30-37(24-11-4-3-5-12-24)20(2)29(39-30)35-34-23-10-8-9-22(31)18-23/h3-18,32H,1-2H3. The molecule has 0 atom stereocenters. The summed E-state index contributed by atoms with van der Waals surface area (Å²) < 4.78 is 2.05. The molecule has 192 valence electrons. The quantitative estimate of drug-likeness (QED) is 0.128. The van der Waals surface area contributed by atoms with Gasteiger partial charge in [-0.25, -0.2) is 0 Å².